The molecule has 1 aliphatic heterocycles. The molecule has 0 N–H and O–H groups in total. The zero-order valence-electron chi connectivity index (χ0n) is 6.71. The van der Waals surface area contributed by atoms with E-state index >= 15 is 0 Å². The van der Waals surface area contributed by atoms with E-state index in [1.165, 1.54) is 12.2 Å². The zero-order valence-corrected chi connectivity index (χ0v) is 7.53. The molecule has 0 radical (unpaired) electrons. The molecule has 0 saturated carbocycles. The lowest BCUT2D eigenvalue weighted by atomic mass is 10.0. The van der Waals surface area contributed by atoms with Crippen molar-refractivity contribution in [3.8, 4) is 0 Å². The lowest BCUT2D eigenvalue weighted by Crippen LogP contribution is -2.12. The van der Waals surface area contributed by atoms with Crippen molar-refractivity contribution in [2.75, 3.05) is 11.5 Å². The van der Waals surface area contributed by atoms with Crippen molar-refractivity contribution >= 4 is 18.0 Å². The van der Waals surface area contributed by atoms with Crippen LogP contribution in [0.3, 0.4) is 0 Å². The van der Waals surface area contributed by atoms with Crippen LogP contribution in [0.5, 0.6) is 0 Å². The van der Waals surface area contributed by atoms with Gasteiger partial charge >= 0.3 is 0 Å². The Kier molecular flexibility index (Phi) is 3.26. The summed E-state index contributed by atoms with van der Waals surface area (Å²) >= 11 is 1.99. The molecule has 0 aromatic rings. The Labute approximate surface area is 67.3 Å². The maximum Gasteiger partial charge on any atom is 0.0526 e. The van der Waals surface area contributed by atoms with Crippen molar-refractivity contribution < 1.29 is 0 Å². The molecule has 0 aromatic carbocycles. The second kappa shape index (κ2) is 4.02. The molecule has 1 aliphatic rings. The minimum Gasteiger partial charge on any atom is -0.293 e. The van der Waals surface area contributed by atoms with Gasteiger partial charge in [-0.15, -0.1) is 0 Å². The SMILES string of the molecule is CC(C)C1CCSCC=N1. The van der Waals surface area contributed by atoms with Gasteiger partial charge in [0, 0.05) is 12.0 Å². The first kappa shape index (κ1) is 8.12. The molecule has 0 saturated heterocycles. The fourth-order valence-electron chi connectivity index (χ4n) is 1.10. The summed E-state index contributed by atoms with van der Waals surface area (Å²) in [5.41, 5.74) is 0. The van der Waals surface area contributed by atoms with Gasteiger partial charge in [-0.05, 0) is 18.1 Å². The summed E-state index contributed by atoms with van der Waals surface area (Å²) in [6, 6.07) is 0.593. The van der Waals surface area contributed by atoms with E-state index in [1.807, 2.05) is 11.8 Å². The van der Waals surface area contributed by atoms with Gasteiger partial charge in [-0.2, -0.15) is 11.8 Å². The fourth-order valence-corrected chi connectivity index (χ4v) is 1.86. The summed E-state index contributed by atoms with van der Waals surface area (Å²) in [7, 11) is 0. The third-order valence-electron chi connectivity index (χ3n) is 1.82. The van der Waals surface area contributed by atoms with Gasteiger partial charge in [0.25, 0.3) is 0 Å². The quantitative estimate of drug-likeness (QED) is 0.568. The van der Waals surface area contributed by atoms with Gasteiger partial charge < -0.3 is 0 Å². The molecule has 1 unspecified atom stereocenters. The van der Waals surface area contributed by atoms with Crippen molar-refractivity contribution in [3.05, 3.63) is 0 Å². The van der Waals surface area contributed by atoms with Crippen LogP contribution >= 0.6 is 11.8 Å². The first-order chi connectivity index (χ1) is 4.80. The van der Waals surface area contributed by atoms with Crippen LogP contribution in [0.15, 0.2) is 4.99 Å². The summed E-state index contributed by atoms with van der Waals surface area (Å²) in [6.45, 7) is 4.50. The monoisotopic (exact) mass is 157 g/mol. The highest BCUT2D eigenvalue weighted by molar-refractivity contribution is 7.99. The lowest BCUT2D eigenvalue weighted by molar-refractivity contribution is 0.488. The smallest absolute Gasteiger partial charge is 0.0526 e. The van der Waals surface area contributed by atoms with Crippen LogP contribution in [-0.2, 0) is 0 Å². The van der Waals surface area contributed by atoms with Gasteiger partial charge in [-0.3, -0.25) is 4.99 Å². The molecule has 0 fully saturated rings. The number of thioether (sulfide) groups is 1. The minimum atomic E-state index is 0.593. The highest BCUT2D eigenvalue weighted by Gasteiger charge is 2.11. The molecule has 1 atom stereocenters. The number of rotatable bonds is 1. The predicted octanol–water partition coefficient (Wildman–Crippen LogP) is 2.22. The van der Waals surface area contributed by atoms with Gasteiger partial charge in [0.2, 0.25) is 0 Å². The highest BCUT2D eigenvalue weighted by Crippen LogP contribution is 2.16. The van der Waals surface area contributed by atoms with Crippen LogP contribution < -0.4 is 0 Å². The summed E-state index contributed by atoms with van der Waals surface area (Å²) in [5.74, 6) is 3.11. The molecular formula is C8H15NS. The summed E-state index contributed by atoms with van der Waals surface area (Å²) < 4.78 is 0. The molecule has 2 heteroatoms. The fraction of sp³-hybridized carbons (Fsp3) is 0.875. The Morgan fingerprint density at radius 2 is 2.40 bits per heavy atom. The molecule has 1 heterocycles. The Morgan fingerprint density at radius 3 is 3.10 bits per heavy atom. The standard InChI is InChI=1S/C8H15NS/c1-7(2)8-3-5-10-6-4-9-8/h4,7-8H,3,5-6H2,1-2H3. The normalized spacial score (nSPS) is 26.9. The van der Waals surface area contributed by atoms with Crippen molar-refractivity contribution in [3.63, 3.8) is 0 Å². The zero-order chi connectivity index (χ0) is 7.40. The average Bonchev–Trinajstić information content (AvgIpc) is 2.12. The van der Waals surface area contributed by atoms with Crippen LogP contribution in [0.1, 0.15) is 20.3 Å². The molecular weight excluding hydrogens is 142 g/mol. The Bertz CT molecular complexity index is 120. The van der Waals surface area contributed by atoms with E-state index in [2.05, 4.69) is 25.1 Å². The van der Waals surface area contributed by atoms with Gasteiger partial charge in [0.05, 0.1) is 6.04 Å². The lowest BCUT2D eigenvalue weighted by Gasteiger charge is -2.13. The Morgan fingerprint density at radius 1 is 1.60 bits per heavy atom. The van der Waals surface area contributed by atoms with Crippen LogP contribution in [0, 0.1) is 5.92 Å². The molecule has 0 bridgehead atoms. The van der Waals surface area contributed by atoms with Gasteiger partial charge in [0.15, 0.2) is 0 Å². The third-order valence-corrected chi connectivity index (χ3v) is 2.73. The summed E-state index contributed by atoms with van der Waals surface area (Å²) in [4.78, 5) is 4.48. The van der Waals surface area contributed by atoms with Crippen molar-refractivity contribution in [2.45, 2.75) is 26.3 Å². The first-order valence-corrected chi connectivity index (χ1v) is 5.05. The van der Waals surface area contributed by atoms with Crippen molar-refractivity contribution in [1.29, 1.82) is 0 Å². The van der Waals surface area contributed by atoms with E-state index in [4.69, 9.17) is 0 Å². The predicted molar refractivity (Wildman–Crippen MR) is 49.1 cm³/mol. The van der Waals surface area contributed by atoms with E-state index < -0.39 is 0 Å². The Balaban J connectivity index is 2.41. The minimum absolute atomic E-state index is 0.593. The molecule has 58 valence electrons. The molecule has 1 rings (SSSR count). The first-order valence-electron chi connectivity index (χ1n) is 3.90. The number of aliphatic imine (C=N–C) groups is 1. The number of hydrogen-bond donors (Lipinski definition) is 0. The van der Waals surface area contributed by atoms with Crippen LogP contribution in [0.4, 0.5) is 0 Å². The summed E-state index contributed by atoms with van der Waals surface area (Å²) in [5, 5.41) is 0. The molecule has 0 amide bonds. The third kappa shape index (κ3) is 2.33. The topological polar surface area (TPSA) is 12.4 Å². The maximum atomic E-state index is 4.48. The largest absolute Gasteiger partial charge is 0.293 e. The van der Waals surface area contributed by atoms with Gasteiger partial charge in [-0.25, -0.2) is 0 Å². The van der Waals surface area contributed by atoms with E-state index in [9.17, 15) is 0 Å². The second-order valence-electron chi connectivity index (χ2n) is 3.01. The van der Waals surface area contributed by atoms with Crippen LogP contribution in [0.25, 0.3) is 0 Å². The molecule has 0 aromatic heterocycles. The maximum absolute atomic E-state index is 4.48. The number of nitrogens with zero attached hydrogens (tertiary/aromatic N) is 1. The number of hydrogen-bond acceptors (Lipinski definition) is 2. The van der Waals surface area contributed by atoms with Crippen LogP contribution in [-0.4, -0.2) is 23.8 Å². The van der Waals surface area contributed by atoms with E-state index in [0.717, 1.165) is 11.7 Å². The second-order valence-corrected chi connectivity index (χ2v) is 4.16. The van der Waals surface area contributed by atoms with Crippen LogP contribution in [0.2, 0.25) is 0 Å². The van der Waals surface area contributed by atoms with E-state index in [0.29, 0.717) is 6.04 Å². The van der Waals surface area contributed by atoms with Crippen molar-refractivity contribution in [2.24, 2.45) is 10.9 Å². The average molecular weight is 157 g/mol. The molecule has 0 aliphatic carbocycles. The van der Waals surface area contributed by atoms with Gasteiger partial charge in [-0.1, -0.05) is 13.8 Å². The summed E-state index contributed by atoms with van der Waals surface area (Å²) in [6.07, 6.45) is 3.33. The van der Waals surface area contributed by atoms with E-state index in [1.54, 1.807) is 0 Å². The molecule has 1 nitrogen and oxygen atoms in total. The van der Waals surface area contributed by atoms with E-state index in [-0.39, 0.29) is 0 Å². The van der Waals surface area contributed by atoms with Crippen molar-refractivity contribution in [1.82, 2.24) is 0 Å². The Hall–Kier alpha value is 0.0200. The molecule has 10 heavy (non-hydrogen) atoms. The molecule has 0 spiro atoms. The van der Waals surface area contributed by atoms with Gasteiger partial charge in [0.1, 0.15) is 0 Å². The highest BCUT2D eigenvalue weighted by atomic mass is 32.2.